The monoisotopic (exact) mass is 378 g/mol. The van der Waals surface area contributed by atoms with Crippen LogP contribution in [0.2, 0.25) is 0 Å². The van der Waals surface area contributed by atoms with Crippen LogP contribution < -0.4 is 0 Å². The van der Waals surface area contributed by atoms with Crippen LogP contribution in [0, 0.1) is 6.92 Å². The van der Waals surface area contributed by atoms with Crippen molar-refractivity contribution >= 4 is 22.7 Å². The van der Waals surface area contributed by atoms with Gasteiger partial charge in [0.15, 0.2) is 11.0 Å². The Hall–Kier alpha value is -2.57. The number of aryl methyl sites for hydroxylation is 1. The quantitative estimate of drug-likeness (QED) is 0.475. The molecule has 0 aliphatic rings. The van der Waals surface area contributed by atoms with Gasteiger partial charge in [-0.2, -0.15) is 0 Å². The van der Waals surface area contributed by atoms with E-state index in [2.05, 4.69) is 63.1 Å². The van der Waals surface area contributed by atoms with Gasteiger partial charge in [-0.3, -0.25) is 4.57 Å². The normalized spacial score (nSPS) is 11.3. The maximum Gasteiger partial charge on any atom is 0.191 e. The van der Waals surface area contributed by atoms with Crippen LogP contribution in [0.15, 0.2) is 59.9 Å². The second-order valence-electron chi connectivity index (χ2n) is 6.47. The van der Waals surface area contributed by atoms with Gasteiger partial charge >= 0.3 is 0 Å². The predicted octanol–water partition coefficient (Wildman–Crippen LogP) is 4.67. The molecule has 0 fully saturated rings. The highest BCUT2D eigenvalue weighted by molar-refractivity contribution is 7.98. The van der Waals surface area contributed by atoms with E-state index in [-0.39, 0.29) is 0 Å². The lowest BCUT2D eigenvalue weighted by molar-refractivity contribution is 0.185. The van der Waals surface area contributed by atoms with Gasteiger partial charge in [0.05, 0.1) is 13.2 Å². The van der Waals surface area contributed by atoms with E-state index in [1.807, 2.05) is 18.3 Å². The standard InChI is InChI=1S/C21H22N4OS/c1-15-7-9-16(10-8-15)14-27-21-24-23-20(25(21)11-12-26-2)18-13-22-19-6-4-3-5-17(18)19/h3-10,13,22H,11-12,14H2,1-2H3. The first kappa shape index (κ1) is 17.8. The first-order valence-corrected chi connectivity index (χ1v) is 9.92. The lowest BCUT2D eigenvalue weighted by Gasteiger charge is -2.09. The zero-order valence-electron chi connectivity index (χ0n) is 15.5. The molecule has 0 unspecified atom stereocenters. The van der Waals surface area contributed by atoms with Crippen LogP contribution in [-0.4, -0.2) is 33.5 Å². The summed E-state index contributed by atoms with van der Waals surface area (Å²) in [5.74, 6) is 1.73. The summed E-state index contributed by atoms with van der Waals surface area (Å²) in [7, 11) is 1.72. The Bertz CT molecular complexity index is 1040. The van der Waals surface area contributed by atoms with Gasteiger partial charge in [0, 0.05) is 35.5 Å². The van der Waals surface area contributed by atoms with E-state index in [0.29, 0.717) is 13.2 Å². The van der Waals surface area contributed by atoms with Gasteiger partial charge in [0.1, 0.15) is 0 Å². The van der Waals surface area contributed by atoms with E-state index in [1.165, 1.54) is 11.1 Å². The largest absolute Gasteiger partial charge is 0.383 e. The van der Waals surface area contributed by atoms with Crippen LogP contribution in [0.25, 0.3) is 22.3 Å². The van der Waals surface area contributed by atoms with Crippen LogP contribution in [0.3, 0.4) is 0 Å². The van der Waals surface area contributed by atoms with Crippen molar-refractivity contribution in [3.8, 4) is 11.4 Å². The van der Waals surface area contributed by atoms with Crippen LogP contribution in [0.4, 0.5) is 0 Å². The number of aromatic amines is 1. The predicted molar refractivity (Wildman–Crippen MR) is 110 cm³/mol. The summed E-state index contributed by atoms with van der Waals surface area (Å²) in [6.45, 7) is 3.44. The van der Waals surface area contributed by atoms with E-state index < -0.39 is 0 Å². The van der Waals surface area contributed by atoms with Crippen molar-refractivity contribution in [2.75, 3.05) is 13.7 Å². The molecule has 0 radical (unpaired) electrons. The van der Waals surface area contributed by atoms with Crippen LogP contribution in [0.5, 0.6) is 0 Å². The molecule has 138 valence electrons. The van der Waals surface area contributed by atoms with Gasteiger partial charge in [0.2, 0.25) is 0 Å². The summed E-state index contributed by atoms with van der Waals surface area (Å²) >= 11 is 1.70. The molecule has 2 aromatic heterocycles. The summed E-state index contributed by atoms with van der Waals surface area (Å²) in [5.41, 5.74) is 4.72. The number of methoxy groups -OCH3 is 1. The minimum Gasteiger partial charge on any atom is -0.383 e. The van der Waals surface area contributed by atoms with E-state index in [1.54, 1.807) is 18.9 Å². The van der Waals surface area contributed by atoms with Crippen LogP contribution >= 0.6 is 11.8 Å². The number of hydrogen-bond donors (Lipinski definition) is 1. The third-order valence-electron chi connectivity index (χ3n) is 4.55. The van der Waals surface area contributed by atoms with Gasteiger partial charge in [-0.15, -0.1) is 10.2 Å². The Balaban J connectivity index is 1.65. The smallest absolute Gasteiger partial charge is 0.191 e. The van der Waals surface area contributed by atoms with Crippen molar-refractivity contribution < 1.29 is 4.74 Å². The summed E-state index contributed by atoms with van der Waals surface area (Å²) in [4.78, 5) is 3.32. The van der Waals surface area contributed by atoms with Gasteiger partial charge < -0.3 is 9.72 Å². The molecule has 0 amide bonds. The highest BCUT2D eigenvalue weighted by atomic mass is 32.2. The molecular formula is C21H22N4OS. The lowest BCUT2D eigenvalue weighted by Crippen LogP contribution is -2.07. The molecule has 0 saturated carbocycles. The Morgan fingerprint density at radius 2 is 1.89 bits per heavy atom. The molecular weight excluding hydrogens is 356 g/mol. The molecule has 2 heterocycles. The summed E-state index contributed by atoms with van der Waals surface area (Å²) in [6, 6.07) is 16.9. The minimum atomic E-state index is 0.617. The number of hydrogen-bond acceptors (Lipinski definition) is 4. The summed E-state index contributed by atoms with van der Waals surface area (Å²) < 4.78 is 7.46. The number of fused-ring (bicyclic) bond motifs is 1. The first-order valence-electron chi connectivity index (χ1n) is 8.93. The van der Waals surface area contributed by atoms with Gasteiger partial charge in [-0.1, -0.05) is 59.8 Å². The third kappa shape index (κ3) is 3.77. The average molecular weight is 379 g/mol. The highest BCUT2D eigenvalue weighted by Crippen LogP contribution is 2.31. The fraction of sp³-hybridized carbons (Fsp3) is 0.238. The average Bonchev–Trinajstić information content (AvgIpc) is 3.29. The second kappa shape index (κ2) is 7.98. The Morgan fingerprint density at radius 3 is 2.70 bits per heavy atom. The summed E-state index contributed by atoms with van der Waals surface area (Å²) in [6.07, 6.45) is 2.01. The number of H-pyrrole nitrogens is 1. The molecule has 4 aromatic rings. The SMILES string of the molecule is COCCn1c(SCc2ccc(C)cc2)nnc1-c1c[nH]c2ccccc12. The molecule has 2 aromatic carbocycles. The van der Waals surface area contributed by atoms with Crippen molar-refractivity contribution in [2.45, 2.75) is 24.4 Å². The molecule has 0 aliphatic heterocycles. The van der Waals surface area contributed by atoms with Crippen molar-refractivity contribution in [3.63, 3.8) is 0 Å². The fourth-order valence-corrected chi connectivity index (χ4v) is 3.99. The number of rotatable bonds is 7. The van der Waals surface area contributed by atoms with E-state index in [9.17, 15) is 0 Å². The molecule has 1 N–H and O–H groups in total. The molecule has 27 heavy (non-hydrogen) atoms. The maximum absolute atomic E-state index is 5.31. The Labute approximate surface area is 162 Å². The molecule has 0 spiro atoms. The molecule has 6 heteroatoms. The van der Waals surface area contributed by atoms with Crippen molar-refractivity contribution in [3.05, 3.63) is 65.9 Å². The van der Waals surface area contributed by atoms with E-state index >= 15 is 0 Å². The molecule has 0 bridgehead atoms. The van der Waals surface area contributed by atoms with Crippen molar-refractivity contribution in [1.82, 2.24) is 19.7 Å². The number of nitrogens with zero attached hydrogens (tertiary/aromatic N) is 3. The molecule has 4 rings (SSSR count). The van der Waals surface area contributed by atoms with Gasteiger partial charge in [-0.25, -0.2) is 0 Å². The number of ether oxygens (including phenoxy) is 1. The van der Waals surface area contributed by atoms with Gasteiger partial charge in [-0.05, 0) is 18.6 Å². The number of aromatic nitrogens is 4. The zero-order chi connectivity index (χ0) is 18.6. The number of nitrogens with one attached hydrogen (secondary N) is 1. The van der Waals surface area contributed by atoms with E-state index in [4.69, 9.17) is 4.74 Å². The second-order valence-corrected chi connectivity index (χ2v) is 7.42. The maximum atomic E-state index is 5.31. The first-order chi connectivity index (χ1) is 13.3. The molecule has 5 nitrogen and oxygen atoms in total. The van der Waals surface area contributed by atoms with Crippen molar-refractivity contribution in [2.24, 2.45) is 0 Å². The lowest BCUT2D eigenvalue weighted by atomic mass is 10.1. The molecule has 0 saturated heterocycles. The third-order valence-corrected chi connectivity index (χ3v) is 5.59. The Morgan fingerprint density at radius 1 is 1.07 bits per heavy atom. The number of para-hydroxylation sites is 1. The fourth-order valence-electron chi connectivity index (χ4n) is 3.07. The summed E-state index contributed by atoms with van der Waals surface area (Å²) in [5, 5.41) is 11.0. The minimum absolute atomic E-state index is 0.617. The highest BCUT2D eigenvalue weighted by Gasteiger charge is 2.17. The van der Waals surface area contributed by atoms with Crippen molar-refractivity contribution in [1.29, 1.82) is 0 Å². The molecule has 0 atom stereocenters. The zero-order valence-corrected chi connectivity index (χ0v) is 16.3. The van der Waals surface area contributed by atoms with E-state index in [0.717, 1.165) is 33.2 Å². The van der Waals surface area contributed by atoms with Crippen LogP contribution in [-0.2, 0) is 17.0 Å². The number of thioether (sulfide) groups is 1. The van der Waals surface area contributed by atoms with Crippen LogP contribution in [0.1, 0.15) is 11.1 Å². The molecule has 0 aliphatic carbocycles. The number of benzene rings is 2. The Kier molecular flexibility index (Phi) is 5.27. The topological polar surface area (TPSA) is 55.7 Å². The van der Waals surface area contributed by atoms with Gasteiger partial charge in [0.25, 0.3) is 0 Å².